The molecule has 0 spiro atoms. The Labute approximate surface area is 131 Å². The molecule has 0 aromatic heterocycles. The second-order valence-electron chi connectivity index (χ2n) is 4.84. The third kappa shape index (κ3) is 6.85. The first kappa shape index (κ1) is 21.4. The van der Waals surface area contributed by atoms with Crippen molar-refractivity contribution in [2.24, 2.45) is 16.9 Å². The maximum atomic E-state index is 12.0. The number of carbonyl (C=O) groups is 2. The molecular formula is C11H24ClN3O2S2. The van der Waals surface area contributed by atoms with Gasteiger partial charge in [-0.1, -0.05) is 13.8 Å². The number of thiol groups is 2. The zero-order chi connectivity index (χ0) is 14.3. The SMILES string of the molecule is CC(C)(CS)C(=O)N[C@@H](CS)C(=O)C(N)CCN.Cl. The number of carbonyl (C=O) groups excluding carboxylic acids is 2. The number of Topliss-reactive ketones (excluding diaryl/α,β-unsaturated/α-hetero) is 1. The lowest BCUT2D eigenvalue weighted by atomic mass is 9.94. The molecule has 0 aromatic carbocycles. The van der Waals surface area contributed by atoms with Crippen molar-refractivity contribution in [3.8, 4) is 0 Å². The predicted molar refractivity (Wildman–Crippen MR) is 87.3 cm³/mol. The van der Waals surface area contributed by atoms with Gasteiger partial charge in [0.05, 0.1) is 17.5 Å². The van der Waals surface area contributed by atoms with Crippen LogP contribution in [0.4, 0.5) is 0 Å². The van der Waals surface area contributed by atoms with Crippen LogP contribution >= 0.6 is 37.7 Å². The summed E-state index contributed by atoms with van der Waals surface area (Å²) in [5, 5.41) is 2.66. The molecule has 0 fully saturated rings. The minimum absolute atomic E-state index is 0. The molecule has 19 heavy (non-hydrogen) atoms. The summed E-state index contributed by atoms with van der Waals surface area (Å²) >= 11 is 8.19. The van der Waals surface area contributed by atoms with Crippen molar-refractivity contribution in [3.05, 3.63) is 0 Å². The van der Waals surface area contributed by atoms with E-state index in [1.807, 2.05) is 0 Å². The topological polar surface area (TPSA) is 98.2 Å². The lowest BCUT2D eigenvalue weighted by Crippen LogP contribution is -2.53. The molecule has 114 valence electrons. The monoisotopic (exact) mass is 329 g/mol. The smallest absolute Gasteiger partial charge is 0.227 e. The molecule has 0 aromatic rings. The van der Waals surface area contributed by atoms with Crippen LogP contribution in [-0.4, -0.2) is 41.8 Å². The summed E-state index contributed by atoms with van der Waals surface area (Å²) in [5.41, 5.74) is 10.4. The maximum absolute atomic E-state index is 12.0. The van der Waals surface area contributed by atoms with Gasteiger partial charge in [-0.3, -0.25) is 9.59 Å². The Bertz CT molecular complexity index is 304. The lowest BCUT2D eigenvalue weighted by molar-refractivity contribution is -0.132. The van der Waals surface area contributed by atoms with E-state index in [0.717, 1.165) is 0 Å². The first-order chi connectivity index (χ1) is 8.30. The van der Waals surface area contributed by atoms with Crippen molar-refractivity contribution >= 4 is 49.4 Å². The van der Waals surface area contributed by atoms with E-state index in [0.29, 0.717) is 18.7 Å². The first-order valence-corrected chi connectivity index (χ1v) is 7.08. The third-order valence-electron chi connectivity index (χ3n) is 2.68. The van der Waals surface area contributed by atoms with Gasteiger partial charge in [0.1, 0.15) is 0 Å². The van der Waals surface area contributed by atoms with Crippen LogP contribution in [0.2, 0.25) is 0 Å². The molecule has 1 amide bonds. The number of amides is 1. The van der Waals surface area contributed by atoms with E-state index in [-0.39, 0.29) is 29.9 Å². The summed E-state index contributed by atoms with van der Waals surface area (Å²) in [6.45, 7) is 3.85. The highest BCUT2D eigenvalue weighted by Crippen LogP contribution is 2.17. The van der Waals surface area contributed by atoms with Gasteiger partial charge in [-0.15, -0.1) is 12.4 Å². The number of halogens is 1. The highest BCUT2D eigenvalue weighted by Gasteiger charge is 2.31. The number of nitrogens with one attached hydrogen (secondary N) is 1. The third-order valence-corrected chi connectivity index (χ3v) is 3.84. The summed E-state index contributed by atoms with van der Waals surface area (Å²) in [6, 6.07) is -1.34. The van der Waals surface area contributed by atoms with Gasteiger partial charge in [-0.25, -0.2) is 0 Å². The van der Waals surface area contributed by atoms with E-state index in [1.54, 1.807) is 13.8 Å². The summed E-state index contributed by atoms with van der Waals surface area (Å²) in [7, 11) is 0. The molecule has 0 radical (unpaired) electrons. The Kier molecular flexibility index (Phi) is 11.1. The van der Waals surface area contributed by atoms with Gasteiger partial charge in [0.15, 0.2) is 5.78 Å². The predicted octanol–water partition coefficient (Wildman–Crippen LogP) is 0.0240. The molecule has 0 heterocycles. The van der Waals surface area contributed by atoms with Gasteiger partial charge in [0, 0.05) is 11.5 Å². The minimum Gasteiger partial charge on any atom is -0.345 e. The average Bonchev–Trinajstić information content (AvgIpc) is 2.34. The van der Waals surface area contributed by atoms with E-state index in [9.17, 15) is 9.59 Å². The molecule has 0 saturated heterocycles. The van der Waals surface area contributed by atoms with Gasteiger partial charge in [0.2, 0.25) is 5.91 Å². The molecule has 0 aliphatic rings. The van der Waals surface area contributed by atoms with Crippen molar-refractivity contribution in [2.75, 3.05) is 18.1 Å². The maximum Gasteiger partial charge on any atom is 0.227 e. The van der Waals surface area contributed by atoms with Crippen molar-refractivity contribution in [3.63, 3.8) is 0 Å². The number of rotatable bonds is 8. The summed E-state index contributed by atoms with van der Waals surface area (Å²) in [6.07, 6.45) is 0.398. The molecule has 5 nitrogen and oxygen atoms in total. The van der Waals surface area contributed by atoms with Crippen LogP contribution in [0.3, 0.4) is 0 Å². The number of nitrogens with two attached hydrogens (primary N) is 2. The fourth-order valence-electron chi connectivity index (χ4n) is 1.21. The fraction of sp³-hybridized carbons (Fsp3) is 0.818. The quantitative estimate of drug-likeness (QED) is 0.406. The van der Waals surface area contributed by atoms with Gasteiger partial charge in [0.25, 0.3) is 0 Å². The van der Waals surface area contributed by atoms with Crippen LogP contribution in [0.5, 0.6) is 0 Å². The van der Waals surface area contributed by atoms with Crippen molar-refractivity contribution in [1.29, 1.82) is 0 Å². The molecule has 2 atom stereocenters. The van der Waals surface area contributed by atoms with E-state index >= 15 is 0 Å². The molecule has 0 rings (SSSR count). The van der Waals surface area contributed by atoms with Crippen molar-refractivity contribution < 1.29 is 9.59 Å². The molecule has 5 N–H and O–H groups in total. The summed E-state index contributed by atoms with van der Waals surface area (Å²) in [5.74, 6) is 0.135. The summed E-state index contributed by atoms with van der Waals surface area (Å²) in [4.78, 5) is 23.9. The fourth-order valence-corrected chi connectivity index (χ4v) is 1.63. The second kappa shape index (κ2) is 9.88. The number of hydrogen-bond acceptors (Lipinski definition) is 6. The Morgan fingerprint density at radius 3 is 2.21 bits per heavy atom. The molecule has 1 unspecified atom stereocenters. The molecule has 0 aliphatic heterocycles. The van der Waals surface area contributed by atoms with Crippen LogP contribution in [-0.2, 0) is 9.59 Å². The average molecular weight is 330 g/mol. The van der Waals surface area contributed by atoms with Crippen LogP contribution in [0.15, 0.2) is 0 Å². The van der Waals surface area contributed by atoms with Gasteiger partial charge in [-0.2, -0.15) is 25.3 Å². The first-order valence-electron chi connectivity index (χ1n) is 5.82. The van der Waals surface area contributed by atoms with Gasteiger partial charge in [-0.05, 0) is 13.0 Å². The van der Waals surface area contributed by atoms with E-state index in [4.69, 9.17) is 11.5 Å². The standard InChI is InChI=1S/C11H23N3O2S2.ClH/c1-11(2,6-18)10(16)14-8(5-17)9(15)7(13)3-4-12;/h7-8,17-18H,3-6,12-13H2,1-2H3,(H,14,16);1H/t7?,8-;/m0./s1. The molecule has 8 heteroatoms. The van der Waals surface area contributed by atoms with Crippen LogP contribution in [0.1, 0.15) is 20.3 Å². The Morgan fingerprint density at radius 2 is 1.84 bits per heavy atom. The van der Waals surface area contributed by atoms with Crippen LogP contribution < -0.4 is 16.8 Å². The summed E-state index contributed by atoms with van der Waals surface area (Å²) < 4.78 is 0. The van der Waals surface area contributed by atoms with Crippen molar-refractivity contribution in [2.45, 2.75) is 32.4 Å². The number of ketones is 1. The minimum atomic E-state index is -0.679. The molecule has 0 saturated carbocycles. The zero-order valence-corrected chi connectivity index (χ0v) is 13.9. The van der Waals surface area contributed by atoms with E-state index in [2.05, 4.69) is 30.6 Å². The lowest BCUT2D eigenvalue weighted by Gasteiger charge is -2.26. The molecular weight excluding hydrogens is 306 g/mol. The Hall–Kier alpha value is 0.0500. The highest BCUT2D eigenvalue weighted by atomic mass is 35.5. The van der Waals surface area contributed by atoms with Crippen LogP contribution in [0, 0.1) is 5.41 Å². The molecule has 0 aliphatic carbocycles. The Balaban J connectivity index is 0. The highest BCUT2D eigenvalue weighted by molar-refractivity contribution is 7.80. The van der Waals surface area contributed by atoms with E-state index < -0.39 is 17.5 Å². The number of hydrogen-bond donors (Lipinski definition) is 5. The second-order valence-corrected chi connectivity index (χ2v) is 5.52. The van der Waals surface area contributed by atoms with Crippen LogP contribution in [0.25, 0.3) is 0 Å². The molecule has 0 bridgehead atoms. The Morgan fingerprint density at radius 1 is 1.32 bits per heavy atom. The van der Waals surface area contributed by atoms with Gasteiger partial charge >= 0.3 is 0 Å². The van der Waals surface area contributed by atoms with E-state index in [1.165, 1.54) is 0 Å². The van der Waals surface area contributed by atoms with Gasteiger partial charge < -0.3 is 16.8 Å². The normalized spacial score (nSPS) is 14.2. The van der Waals surface area contributed by atoms with Crippen molar-refractivity contribution in [1.82, 2.24) is 5.32 Å². The zero-order valence-electron chi connectivity index (χ0n) is 11.3. The largest absolute Gasteiger partial charge is 0.345 e.